The Balaban J connectivity index is 2.13. The second kappa shape index (κ2) is 6.04. The maximum absolute atomic E-state index is 13.3. The van der Waals surface area contributed by atoms with Gasteiger partial charge in [-0.3, -0.25) is 9.78 Å². The molecule has 1 aliphatic rings. The van der Waals surface area contributed by atoms with Crippen molar-refractivity contribution in [3.8, 4) is 6.07 Å². The van der Waals surface area contributed by atoms with Gasteiger partial charge in [0.05, 0.1) is 28.4 Å². The van der Waals surface area contributed by atoms with Gasteiger partial charge in [0.1, 0.15) is 0 Å². The highest BCUT2D eigenvalue weighted by molar-refractivity contribution is 6.19. The van der Waals surface area contributed by atoms with E-state index in [4.69, 9.17) is 10.2 Å². The van der Waals surface area contributed by atoms with Gasteiger partial charge in [-0.2, -0.15) is 5.26 Å². The van der Waals surface area contributed by atoms with Crippen molar-refractivity contribution in [1.29, 1.82) is 5.26 Å². The van der Waals surface area contributed by atoms with Crippen LogP contribution < -0.4 is 4.90 Å². The molecule has 0 saturated heterocycles. The molecule has 1 atom stereocenters. The van der Waals surface area contributed by atoms with Gasteiger partial charge in [0.2, 0.25) is 5.91 Å². The molecular weight excluding hydrogens is 346 g/mol. The minimum absolute atomic E-state index is 0.00146. The predicted octanol–water partition coefficient (Wildman–Crippen LogP) is 5.22. The maximum Gasteiger partial charge on any atom is 0.238 e. The summed E-state index contributed by atoms with van der Waals surface area (Å²) < 4.78 is 0. The van der Waals surface area contributed by atoms with Gasteiger partial charge in [0, 0.05) is 24.2 Å². The van der Waals surface area contributed by atoms with Crippen molar-refractivity contribution in [2.45, 2.75) is 51.4 Å². The Bertz CT molecular complexity index is 1170. The van der Waals surface area contributed by atoms with Gasteiger partial charge in [-0.25, -0.2) is 0 Å². The quantitative estimate of drug-likeness (QED) is 0.580. The number of carbonyl (C=O) groups excluding carboxylic acids is 1. The van der Waals surface area contributed by atoms with Crippen LogP contribution in [0, 0.1) is 11.3 Å². The predicted molar refractivity (Wildman–Crippen MR) is 114 cm³/mol. The molecule has 1 aromatic heterocycles. The Hall–Kier alpha value is -2.93. The van der Waals surface area contributed by atoms with Crippen LogP contribution in [-0.2, 0) is 15.6 Å². The van der Waals surface area contributed by atoms with E-state index in [0.717, 1.165) is 33.1 Å². The molecule has 142 valence electrons. The van der Waals surface area contributed by atoms with Crippen molar-refractivity contribution in [3.63, 3.8) is 0 Å². The van der Waals surface area contributed by atoms with E-state index in [2.05, 4.69) is 51.1 Å². The Kier molecular flexibility index (Phi) is 3.97. The fourth-order valence-electron chi connectivity index (χ4n) is 4.30. The molecule has 1 amide bonds. The molecule has 0 spiro atoms. The number of likely N-dealkylation sites (N-methyl/N-ethyl adjacent to an activating group) is 1. The number of hydrogen-bond acceptors (Lipinski definition) is 3. The topological polar surface area (TPSA) is 57.0 Å². The van der Waals surface area contributed by atoms with Crippen LogP contribution in [0.1, 0.15) is 51.8 Å². The zero-order chi connectivity index (χ0) is 20.3. The van der Waals surface area contributed by atoms with Crippen molar-refractivity contribution in [3.05, 3.63) is 47.7 Å². The average Bonchev–Trinajstić information content (AvgIpc) is 2.67. The summed E-state index contributed by atoms with van der Waals surface area (Å²) in [5.74, 6) is 0.00146. The highest BCUT2D eigenvalue weighted by atomic mass is 16.2. The third-order valence-corrected chi connectivity index (χ3v) is 6.06. The molecule has 3 aromatic rings. The number of hydrogen-bond donors (Lipinski definition) is 0. The van der Waals surface area contributed by atoms with Gasteiger partial charge in [0.25, 0.3) is 0 Å². The molecule has 2 aromatic carbocycles. The van der Waals surface area contributed by atoms with Crippen LogP contribution in [0.3, 0.4) is 0 Å². The highest BCUT2D eigenvalue weighted by Gasteiger charge is 2.44. The van der Waals surface area contributed by atoms with Crippen molar-refractivity contribution in [1.82, 2.24) is 4.98 Å². The number of pyridine rings is 1. The number of nitriles is 1. The number of nitrogens with zero attached hydrogens (tertiary/aromatic N) is 3. The van der Waals surface area contributed by atoms with Crippen LogP contribution >= 0.6 is 0 Å². The summed E-state index contributed by atoms with van der Waals surface area (Å²) >= 11 is 0. The Labute approximate surface area is 165 Å². The van der Waals surface area contributed by atoms with Crippen LogP contribution in [0.25, 0.3) is 21.7 Å². The first-order valence-corrected chi connectivity index (χ1v) is 9.71. The van der Waals surface area contributed by atoms with E-state index in [1.807, 2.05) is 26.1 Å². The minimum atomic E-state index is -0.803. The lowest BCUT2D eigenvalue weighted by molar-refractivity contribution is -0.123. The van der Waals surface area contributed by atoms with E-state index in [1.165, 1.54) is 5.56 Å². The monoisotopic (exact) mass is 371 g/mol. The summed E-state index contributed by atoms with van der Waals surface area (Å²) in [6.07, 6.45) is 0.787. The van der Waals surface area contributed by atoms with E-state index in [9.17, 15) is 4.79 Å². The number of rotatable bonds is 2. The molecule has 0 aliphatic carbocycles. The summed E-state index contributed by atoms with van der Waals surface area (Å²) in [4.78, 5) is 20.1. The number of aromatic nitrogens is 1. The van der Waals surface area contributed by atoms with Crippen molar-refractivity contribution in [2.75, 3.05) is 11.9 Å². The molecule has 0 fully saturated rings. The van der Waals surface area contributed by atoms with Gasteiger partial charge >= 0.3 is 0 Å². The van der Waals surface area contributed by atoms with Crippen molar-refractivity contribution >= 4 is 33.3 Å². The molecule has 4 nitrogen and oxygen atoms in total. The molecule has 0 bridgehead atoms. The summed E-state index contributed by atoms with van der Waals surface area (Å²) in [6.45, 7) is 8.49. The van der Waals surface area contributed by atoms with Crippen molar-refractivity contribution < 1.29 is 4.79 Å². The molecule has 0 N–H and O–H groups in total. The van der Waals surface area contributed by atoms with Gasteiger partial charge < -0.3 is 4.90 Å². The van der Waals surface area contributed by atoms with E-state index >= 15 is 0 Å². The number of anilines is 1. The smallest absolute Gasteiger partial charge is 0.238 e. The van der Waals surface area contributed by atoms with Crippen LogP contribution in [0.5, 0.6) is 0 Å². The number of amides is 1. The molecule has 0 saturated carbocycles. The zero-order valence-corrected chi connectivity index (χ0v) is 17.1. The minimum Gasteiger partial charge on any atom is -0.314 e. The molecule has 4 heteroatoms. The lowest BCUT2D eigenvalue weighted by Gasteiger charge is -2.38. The van der Waals surface area contributed by atoms with Gasteiger partial charge in [-0.1, -0.05) is 45.0 Å². The van der Waals surface area contributed by atoms with Crippen LogP contribution in [0.4, 0.5) is 5.69 Å². The first-order valence-electron chi connectivity index (χ1n) is 9.71. The van der Waals surface area contributed by atoms with E-state index in [0.29, 0.717) is 12.8 Å². The van der Waals surface area contributed by atoms with Gasteiger partial charge in [-0.15, -0.1) is 0 Å². The van der Waals surface area contributed by atoms with Gasteiger partial charge in [-0.05, 0) is 41.8 Å². The fraction of sp³-hybridized carbons (Fsp3) is 0.375. The molecule has 1 aliphatic heterocycles. The first kappa shape index (κ1) is 18.4. The zero-order valence-electron chi connectivity index (χ0n) is 17.1. The highest BCUT2D eigenvalue weighted by Crippen LogP contribution is 2.45. The average molecular weight is 371 g/mol. The number of carbonyl (C=O) groups is 1. The maximum atomic E-state index is 13.3. The largest absolute Gasteiger partial charge is 0.314 e. The third-order valence-electron chi connectivity index (χ3n) is 6.06. The Morgan fingerprint density at radius 2 is 1.93 bits per heavy atom. The lowest BCUT2D eigenvalue weighted by atomic mass is 9.75. The fourth-order valence-corrected chi connectivity index (χ4v) is 4.30. The summed E-state index contributed by atoms with van der Waals surface area (Å²) in [5, 5.41) is 12.4. The third kappa shape index (κ3) is 2.50. The standard InChI is InChI=1S/C24H25N3O/c1-23(2,3)15-10-11-16-17-8-6-9-19-20(17)21(26-18(16)14-15)24(4,12-7-13-25)22(28)27(19)5/h6,8-11,14H,7,12H2,1-5H3. The molecule has 0 radical (unpaired) electrons. The second-order valence-electron chi connectivity index (χ2n) is 9.00. The molecule has 4 rings (SSSR count). The van der Waals surface area contributed by atoms with Crippen molar-refractivity contribution in [2.24, 2.45) is 0 Å². The normalized spacial score (nSPS) is 19.3. The second-order valence-corrected chi connectivity index (χ2v) is 9.00. The van der Waals surface area contributed by atoms with Gasteiger partial charge in [0.15, 0.2) is 0 Å². The molecule has 1 unspecified atom stereocenters. The molecule has 28 heavy (non-hydrogen) atoms. The summed E-state index contributed by atoms with van der Waals surface area (Å²) in [6, 6.07) is 14.7. The molecule has 2 heterocycles. The summed E-state index contributed by atoms with van der Waals surface area (Å²) in [5.41, 5.74) is 3.03. The first-order chi connectivity index (χ1) is 13.2. The number of benzene rings is 2. The SMILES string of the molecule is CN1C(=O)C(C)(CCC#N)c2nc3cc(C(C)(C)C)ccc3c3cccc1c23. The summed E-state index contributed by atoms with van der Waals surface area (Å²) in [7, 11) is 1.82. The number of fused-ring (bicyclic) bond motifs is 2. The van der Waals surface area contributed by atoms with Crippen LogP contribution in [0.2, 0.25) is 0 Å². The molecular formula is C24H25N3O. The Morgan fingerprint density at radius 3 is 2.61 bits per heavy atom. The van der Waals surface area contributed by atoms with E-state index in [1.54, 1.807) is 4.90 Å². The van der Waals surface area contributed by atoms with Crippen LogP contribution in [0.15, 0.2) is 36.4 Å². The van der Waals surface area contributed by atoms with E-state index < -0.39 is 5.41 Å². The lowest BCUT2D eigenvalue weighted by Crippen LogP contribution is -2.47. The van der Waals surface area contributed by atoms with Crippen LogP contribution in [-0.4, -0.2) is 17.9 Å². The van der Waals surface area contributed by atoms with E-state index in [-0.39, 0.29) is 11.3 Å². The Morgan fingerprint density at radius 1 is 1.18 bits per heavy atom.